The van der Waals surface area contributed by atoms with Crippen molar-refractivity contribution in [3.05, 3.63) is 35.4 Å². The Morgan fingerprint density at radius 1 is 1.17 bits per heavy atom. The van der Waals surface area contributed by atoms with E-state index in [1.807, 2.05) is 6.92 Å². The summed E-state index contributed by atoms with van der Waals surface area (Å²) in [5, 5.41) is 2.91. The van der Waals surface area contributed by atoms with Crippen LogP contribution in [0.1, 0.15) is 53.8 Å². The van der Waals surface area contributed by atoms with Gasteiger partial charge in [-0.3, -0.25) is 14.4 Å². The van der Waals surface area contributed by atoms with Gasteiger partial charge in [0.25, 0.3) is 5.91 Å². The molecule has 0 saturated carbocycles. The first-order chi connectivity index (χ1) is 11.0. The van der Waals surface area contributed by atoms with E-state index >= 15 is 0 Å². The lowest BCUT2D eigenvalue weighted by molar-refractivity contribution is -0.126. The van der Waals surface area contributed by atoms with Crippen LogP contribution in [0.2, 0.25) is 0 Å². The van der Waals surface area contributed by atoms with Crippen molar-refractivity contribution in [2.45, 2.75) is 33.1 Å². The van der Waals surface area contributed by atoms with Crippen LogP contribution < -0.4 is 5.32 Å². The Balaban J connectivity index is 2.01. The van der Waals surface area contributed by atoms with Gasteiger partial charge in [0.1, 0.15) is 0 Å². The SMILES string of the molecule is CCCNC(=O)[C@H]1CCCN(C(=O)c2ccc(C(C)=O)cc2)C1. The van der Waals surface area contributed by atoms with E-state index in [0.29, 0.717) is 30.8 Å². The van der Waals surface area contributed by atoms with Crippen molar-refractivity contribution in [3.8, 4) is 0 Å². The van der Waals surface area contributed by atoms with E-state index in [4.69, 9.17) is 0 Å². The number of nitrogens with one attached hydrogen (secondary N) is 1. The number of piperidine rings is 1. The standard InChI is InChI=1S/C18H24N2O3/c1-3-10-19-17(22)16-5-4-11-20(12-16)18(23)15-8-6-14(7-9-15)13(2)21/h6-9,16H,3-5,10-12H2,1-2H3,(H,19,22)/t16-/m0/s1. The number of amides is 2. The first-order valence-electron chi connectivity index (χ1n) is 8.21. The predicted molar refractivity (Wildman–Crippen MR) is 88.4 cm³/mol. The maximum absolute atomic E-state index is 12.6. The summed E-state index contributed by atoms with van der Waals surface area (Å²) in [7, 11) is 0. The largest absolute Gasteiger partial charge is 0.356 e. The van der Waals surface area contributed by atoms with Gasteiger partial charge >= 0.3 is 0 Å². The lowest BCUT2D eigenvalue weighted by atomic mass is 9.96. The second-order valence-corrected chi connectivity index (χ2v) is 6.01. The molecule has 0 spiro atoms. The minimum Gasteiger partial charge on any atom is -0.356 e. The topological polar surface area (TPSA) is 66.5 Å². The highest BCUT2D eigenvalue weighted by Crippen LogP contribution is 2.19. The number of nitrogens with zero attached hydrogens (tertiary/aromatic N) is 1. The molecule has 1 aliphatic heterocycles. The van der Waals surface area contributed by atoms with Crippen LogP contribution in [0.15, 0.2) is 24.3 Å². The summed E-state index contributed by atoms with van der Waals surface area (Å²) in [6.07, 6.45) is 2.56. The quantitative estimate of drug-likeness (QED) is 0.847. The van der Waals surface area contributed by atoms with Gasteiger partial charge in [-0.1, -0.05) is 19.1 Å². The van der Waals surface area contributed by atoms with Crippen molar-refractivity contribution in [3.63, 3.8) is 0 Å². The third-order valence-corrected chi connectivity index (χ3v) is 4.17. The maximum Gasteiger partial charge on any atom is 0.253 e. The fraction of sp³-hybridized carbons (Fsp3) is 0.500. The predicted octanol–water partition coefficient (Wildman–Crippen LogP) is 2.27. The smallest absolute Gasteiger partial charge is 0.253 e. The van der Waals surface area contributed by atoms with Crippen LogP contribution in [0.4, 0.5) is 0 Å². The molecule has 1 N–H and O–H groups in total. The molecule has 1 atom stereocenters. The van der Waals surface area contributed by atoms with Crippen molar-refractivity contribution in [1.29, 1.82) is 0 Å². The van der Waals surface area contributed by atoms with Crippen molar-refractivity contribution in [2.24, 2.45) is 5.92 Å². The molecule has 5 heteroatoms. The molecular weight excluding hydrogens is 292 g/mol. The van der Waals surface area contributed by atoms with Crippen LogP contribution in [-0.2, 0) is 4.79 Å². The van der Waals surface area contributed by atoms with E-state index < -0.39 is 0 Å². The van der Waals surface area contributed by atoms with E-state index in [1.165, 1.54) is 6.92 Å². The van der Waals surface area contributed by atoms with E-state index in [-0.39, 0.29) is 23.5 Å². The molecule has 2 amide bonds. The molecule has 0 unspecified atom stereocenters. The molecule has 2 rings (SSSR count). The number of ketones is 1. The molecular formula is C18H24N2O3. The highest BCUT2D eigenvalue weighted by Gasteiger charge is 2.28. The number of hydrogen-bond acceptors (Lipinski definition) is 3. The van der Waals surface area contributed by atoms with Crippen molar-refractivity contribution in [1.82, 2.24) is 10.2 Å². The minimum absolute atomic E-state index is 0.0189. The molecule has 0 aromatic heterocycles. The molecule has 124 valence electrons. The summed E-state index contributed by atoms with van der Waals surface area (Å²) in [6.45, 7) is 5.33. The summed E-state index contributed by atoms with van der Waals surface area (Å²) < 4.78 is 0. The molecule has 23 heavy (non-hydrogen) atoms. The maximum atomic E-state index is 12.6. The highest BCUT2D eigenvalue weighted by atomic mass is 16.2. The van der Waals surface area contributed by atoms with Gasteiger partial charge in [-0.05, 0) is 38.3 Å². The normalized spacial score (nSPS) is 17.7. The Labute approximate surface area is 137 Å². The molecule has 1 aromatic rings. The summed E-state index contributed by atoms with van der Waals surface area (Å²) in [5.41, 5.74) is 1.15. The molecule has 0 bridgehead atoms. The van der Waals surface area contributed by atoms with Crippen LogP contribution in [0, 0.1) is 5.92 Å². The van der Waals surface area contributed by atoms with Gasteiger partial charge in [-0.25, -0.2) is 0 Å². The average molecular weight is 316 g/mol. The highest BCUT2D eigenvalue weighted by molar-refractivity contribution is 5.98. The fourth-order valence-electron chi connectivity index (χ4n) is 2.80. The molecule has 1 fully saturated rings. The molecule has 1 heterocycles. The number of hydrogen-bond donors (Lipinski definition) is 1. The van der Waals surface area contributed by atoms with Gasteiger partial charge in [0.05, 0.1) is 5.92 Å². The van der Waals surface area contributed by atoms with Gasteiger partial charge < -0.3 is 10.2 Å². The zero-order chi connectivity index (χ0) is 16.8. The third kappa shape index (κ3) is 4.41. The second kappa shape index (κ2) is 7.90. The number of Topliss-reactive ketones (excluding diaryl/α,β-unsaturated/α-hetero) is 1. The van der Waals surface area contributed by atoms with Crippen molar-refractivity contribution in [2.75, 3.05) is 19.6 Å². The van der Waals surface area contributed by atoms with Crippen LogP contribution in [-0.4, -0.2) is 42.1 Å². The Morgan fingerprint density at radius 3 is 2.43 bits per heavy atom. The van der Waals surface area contributed by atoms with Crippen molar-refractivity contribution >= 4 is 17.6 Å². The van der Waals surface area contributed by atoms with Crippen LogP contribution >= 0.6 is 0 Å². The first kappa shape index (κ1) is 17.2. The van der Waals surface area contributed by atoms with E-state index in [1.54, 1.807) is 29.2 Å². The zero-order valence-electron chi connectivity index (χ0n) is 13.8. The van der Waals surface area contributed by atoms with Crippen LogP contribution in [0.3, 0.4) is 0 Å². The van der Waals surface area contributed by atoms with Gasteiger partial charge in [0.15, 0.2) is 5.78 Å². The summed E-state index contributed by atoms with van der Waals surface area (Å²) in [4.78, 5) is 37.7. The van der Waals surface area contributed by atoms with Gasteiger partial charge in [-0.15, -0.1) is 0 Å². The van der Waals surface area contributed by atoms with Crippen molar-refractivity contribution < 1.29 is 14.4 Å². The fourth-order valence-corrected chi connectivity index (χ4v) is 2.80. The van der Waals surface area contributed by atoms with Gasteiger partial charge in [0, 0.05) is 30.8 Å². The van der Waals surface area contributed by atoms with Crippen LogP contribution in [0.25, 0.3) is 0 Å². The Morgan fingerprint density at radius 2 is 1.83 bits per heavy atom. The third-order valence-electron chi connectivity index (χ3n) is 4.17. The van der Waals surface area contributed by atoms with E-state index in [2.05, 4.69) is 5.32 Å². The van der Waals surface area contributed by atoms with E-state index in [9.17, 15) is 14.4 Å². The number of rotatable bonds is 5. The van der Waals surface area contributed by atoms with Crippen LogP contribution in [0.5, 0.6) is 0 Å². The Hall–Kier alpha value is -2.17. The van der Waals surface area contributed by atoms with E-state index in [0.717, 1.165) is 19.3 Å². The van der Waals surface area contributed by atoms with Gasteiger partial charge in [-0.2, -0.15) is 0 Å². The Bertz CT molecular complexity index is 580. The van der Waals surface area contributed by atoms with Gasteiger partial charge in [0.2, 0.25) is 5.91 Å². The summed E-state index contributed by atoms with van der Waals surface area (Å²) >= 11 is 0. The molecule has 0 radical (unpaired) electrons. The molecule has 1 aromatic carbocycles. The zero-order valence-corrected chi connectivity index (χ0v) is 13.8. The number of benzene rings is 1. The number of carbonyl (C=O) groups is 3. The molecule has 1 aliphatic rings. The average Bonchev–Trinajstić information content (AvgIpc) is 2.59. The minimum atomic E-state index is -0.129. The molecule has 1 saturated heterocycles. The lowest BCUT2D eigenvalue weighted by Gasteiger charge is -2.32. The second-order valence-electron chi connectivity index (χ2n) is 6.01. The number of carbonyl (C=O) groups excluding carboxylic acids is 3. The monoisotopic (exact) mass is 316 g/mol. The first-order valence-corrected chi connectivity index (χ1v) is 8.21. The summed E-state index contributed by atoms with van der Waals surface area (Å²) in [6, 6.07) is 6.70. The number of likely N-dealkylation sites (tertiary alicyclic amines) is 1. The molecule has 0 aliphatic carbocycles. The summed E-state index contributed by atoms with van der Waals surface area (Å²) in [5.74, 6) is -0.185. The Kier molecular flexibility index (Phi) is 5.90. The lowest BCUT2D eigenvalue weighted by Crippen LogP contribution is -2.45. The molecule has 5 nitrogen and oxygen atoms in total.